The molecule has 1 amide bonds. The second-order valence-corrected chi connectivity index (χ2v) is 5.65. The fourth-order valence-electron chi connectivity index (χ4n) is 2.04. The van der Waals surface area contributed by atoms with Crippen LogP contribution in [0.15, 0.2) is 36.7 Å². The highest BCUT2D eigenvalue weighted by Gasteiger charge is 2.21. The summed E-state index contributed by atoms with van der Waals surface area (Å²) in [5, 5.41) is 6.84. The van der Waals surface area contributed by atoms with Crippen molar-refractivity contribution in [2.24, 2.45) is 0 Å². The molecule has 0 unspecified atom stereocenters. The van der Waals surface area contributed by atoms with Crippen LogP contribution in [0.25, 0.3) is 0 Å². The molecule has 4 nitrogen and oxygen atoms in total. The van der Waals surface area contributed by atoms with Gasteiger partial charge in [-0.2, -0.15) is 0 Å². The summed E-state index contributed by atoms with van der Waals surface area (Å²) < 4.78 is 0. The first-order chi connectivity index (χ1) is 10.1. The molecular formula is C16H16ClN3O. The minimum Gasteiger partial charge on any atom is -0.381 e. The minimum absolute atomic E-state index is 0.188. The molecule has 1 aliphatic rings. The molecule has 1 aromatic carbocycles. The van der Waals surface area contributed by atoms with Gasteiger partial charge < -0.3 is 10.6 Å². The molecular weight excluding hydrogens is 286 g/mol. The number of hydrogen-bond donors (Lipinski definition) is 2. The van der Waals surface area contributed by atoms with Crippen LogP contribution in [-0.4, -0.2) is 16.9 Å². The van der Waals surface area contributed by atoms with Crippen molar-refractivity contribution in [3.63, 3.8) is 0 Å². The van der Waals surface area contributed by atoms with Crippen molar-refractivity contribution in [2.45, 2.75) is 25.8 Å². The van der Waals surface area contributed by atoms with Crippen LogP contribution in [0.3, 0.4) is 0 Å². The molecule has 0 bridgehead atoms. The number of carbonyl (C=O) groups is 1. The number of amides is 1. The molecule has 3 rings (SSSR count). The van der Waals surface area contributed by atoms with Gasteiger partial charge in [-0.25, -0.2) is 0 Å². The van der Waals surface area contributed by atoms with E-state index in [1.165, 1.54) is 12.8 Å². The number of halogens is 1. The van der Waals surface area contributed by atoms with E-state index >= 15 is 0 Å². The number of rotatable bonds is 4. The Labute approximate surface area is 128 Å². The van der Waals surface area contributed by atoms with Gasteiger partial charge in [-0.05, 0) is 43.5 Å². The zero-order chi connectivity index (χ0) is 14.8. The van der Waals surface area contributed by atoms with Crippen LogP contribution in [-0.2, 0) is 0 Å². The van der Waals surface area contributed by atoms with Gasteiger partial charge in [-0.3, -0.25) is 9.78 Å². The molecule has 0 radical (unpaired) electrons. The van der Waals surface area contributed by atoms with E-state index in [-0.39, 0.29) is 5.91 Å². The molecule has 0 spiro atoms. The second-order valence-electron chi connectivity index (χ2n) is 5.25. The molecule has 0 aliphatic heterocycles. The van der Waals surface area contributed by atoms with Crippen LogP contribution in [0.2, 0.25) is 5.02 Å². The van der Waals surface area contributed by atoms with Gasteiger partial charge in [-0.15, -0.1) is 0 Å². The number of hydrogen-bond acceptors (Lipinski definition) is 3. The number of carbonyl (C=O) groups excluding carboxylic acids is 1. The normalized spacial score (nSPS) is 13.8. The Bertz CT molecular complexity index is 683. The topological polar surface area (TPSA) is 54.0 Å². The first-order valence-electron chi connectivity index (χ1n) is 6.91. The van der Waals surface area contributed by atoms with Crippen LogP contribution >= 0.6 is 11.6 Å². The van der Waals surface area contributed by atoms with E-state index in [9.17, 15) is 4.79 Å². The van der Waals surface area contributed by atoms with Crippen molar-refractivity contribution < 1.29 is 4.79 Å². The standard InChI is InChI=1S/C16H16ClN3O/c1-10-14(17)3-2-4-15(10)20-16(21)11-7-13(9-18-8-11)19-12-5-6-12/h2-4,7-9,12,19H,5-6H2,1H3,(H,20,21). The van der Waals surface area contributed by atoms with Gasteiger partial charge in [0, 0.05) is 29.1 Å². The predicted octanol–water partition coefficient (Wildman–Crippen LogP) is 3.87. The smallest absolute Gasteiger partial charge is 0.257 e. The van der Waals surface area contributed by atoms with Crippen LogP contribution in [0.4, 0.5) is 11.4 Å². The van der Waals surface area contributed by atoms with E-state index in [4.69, 9.17) is 11.6 Å². The van der Waals surface area contributed by atoms with E-state index < -0.39 is 0 Å². The third kappa shape index (κ3) is 3.34. The van der Waals surface area contributed by atoms with Gasteiger partial charge in [0.1, 0.15) is 0 Å². The molecule has 21 heavy (non-hydrogen) atoms. The molecule has 5 heteroatoms. The molecule has 1 saturated carbocycles. The molecule has 108 valence electrons. The fourth-order valence-corrected chi connectivity index (χ4v) is 2.22. The average molecular weight is 302 g/mol. The number of nitrogens with zero attached hydrogens (tertiary/aromatic N) is 1. The Balaban J connectivity index is 1.76. The van der Waals surface area contributed by atoms with Crippen molar-refractivity contribution in [3.8, 4) is 0 Å². The van der Waals surface area contributed by atoms with E-state index in [1.54, 1.807) is 18.5 Å². The molecule has 2 aromatic rings. The van der Waals surface area contributed by atoms with E-state index in [0.717, 1.165) is 11.3 Å². The maximum absolute atomic E-state index is 12.3. The minimum atomic E-state index is -0.188. The Morgan fingerprint density at radius 2 is 2.14 bits per heavy atom. The summed E-state index contributed by atoms with van der Waals surface area (Å²) in [6, 6.07) is 7.79. The quantitative estimate of drug-likeness (QED) is 0.901. The molecule has 1 heterocycles. The highest BCUT2D eigenvalue weighted by atomic mass is 35.5. The summed E-state index contributed by atoms with van der Waals surface area (Å²) in [6.07, 6.45) is 5.66. The Morgan fingerprint density at radius 3 is 2.90 bits per heavy atom. The van der Waals surface area contributed by atoms with Crippen LogP contribution in [0, 0.1) is 6.92 Å². The number of aromatic nitrogens is 1. The van der Waals surface area contributed by atoms with E-state index in [1.807, 2.05) is 25.1 Å². The maximum atomic E-state index is 12.3. The van der Waals surface area contributed by atoms with Crippen LogP contribution in [0.1, 0.15) is 28.8 Å². The highest BCUT2D eigenvalue weighted by Crippen LogP contribution is 2.25. The summed E-state index contributed by atoms with van der Waals surface area (Å²) >= 11 is 6.06. The monoisotopic (exact) mass is 301 g/mol. The van der Waals surface area contributed by atoms with Gasteiger partial charge in [0.25, 0.3) is 5.91 Å². The van der Waals surface area contributed by atoms with Crippen molar-refractivity contribution in [1.29, 1.82) is 0 Å². The van der Waals surface area contributed by atoms with Gasteiger partial charge in [-0.1, -0.05) is 17.7 Å². The first-order valence-corrected chi connectivity index (χ1v) is 7.29. The largest absolute Gasteiger partial charge is 0.381 e. The second kappa shape index (κ2) is 5.74. The lowest BCUT2D eigenvalue weighted by atomic mass is 10.2. The van der Waals surface area contributed by atoms with Gasteiger partial charge in [0.15, 0.2) is 0 Å². The number of anilines is 2. The number of benzene rings is 1. The van der Waals surface area contributed by atoms with Crippen molar-refractivity contribution in [1.82, 2.24) is 4.98 Å². The van der Waals surface area contributed by atoms with E-state index in [0.29, 0.717) is 22.3 Å². The average Bonchev–Trinajstić information content (AvgIpc) is 3.28. The summed E-state index contributed by atoms with van der Waals surface area (Å²) in [7, 11) is 0. The molecule has 1 aliphatic carbocycles. The lowest BCUT2D eigenvalue weighted by Crippen LogP contribution is -2.14. The Kier molecular flexibility index (Phi) is 3.80. The Morgan fingerprint density at radius 1 is 1.33 bits per heavy atom. The summed E-state index contributed by atoms with van der Waals surface area (Å²) in [6.45, 7) is 1.88. The predicted molar refractivity (Wildman–Crippen MR) is 85.0 cm³/mol. The SMILES string of the molecule is Cc1c(Cl)cccc1NC(=O)c1cncc(NC2CC2)c1. The van der Waals surface area contributed by atoms with Crippen LogP contribution in [0.5, 0.6) is 0 Å². The summed E-state index contributed by atoms with van der Waals surface area (Å²) in [5.41, 5.74) is 2.98. The van der Waals surface area contributed by atoms with E-state index in [2.05, 4.69) is 15.6 Å². The van der Waals surface area contributed by atoms with Gasteiger partial charge in [0.2, 0.25) is 0 Å². The highest BCUT2D eigenvalue weighted by molar-refractivity contribution is 6.31. The number of nitrogens with one attached hydrogen (secondary N) is 2. The molecule has 2 N–H and O–H groups in total. The van der Waals surface area contributed by atoms with Gasteiger partial charge in [0.05, 0.1) is 11.3 Å². The Hall–Kier alpha value is -2.07. The third-order valence-corrected chi connectivity index (χ3v) is 3.87. The molecule has 1 fully saturated rings. The maximum Gasteiger partial charge on any atom is 0.257 e. The number of pyridine rings is 1. The first kappa shape index (κ1) is 13.9. The summed E-state index contributed by atoms with van der Waals surface area (Å²) in [5.74, 6) is -0.188. The van der Waals surface area contributed by atoms with Crippen molar-refractivity contribution in [3.05, 3.63) is 52.8 Å². The van der Waals surface area contributed by atoms with Crippen molar-refractivity contribution >= 4 is 28.9 Å². The molecule has 1 aromatic heterocycles. The fraction of sp³-hybridized carbons (Fsp3) is 0.250. The zero-order valence-electron chi connectivity index (χ0n) is 11.7. The lowest BCUT2D eigenvalue weighted by molar-refractivity contribution is 0.102. The van der Waals surface area contributed by atoms with Crippen LogP contribution < -0.4 is 10.6 Å². The third-order valence-electron chi connectivity index (χ3n) is 3.46. The lowest BCUT2D eigenvalue weighted by Gasteiger charge is -2.10. The van der Waals surface area contributed by atoms with Crippen molar-refractivity contribution in [2.75, 3.05) is 10.6 Å². The summed E-state index contributed by atoms with van der Waals surface area (Å²) in [4.78, 5) is 16.4. The molecule has 0 atom stereocenters. The van der Waals surface area contributed by atoms with Gasteiger partial charge >= 0.3 is 0 Å². The molecule has 0 saturated heterocycles. The zero-order valence-corrected chi connectivity index (χ0v) is 12.4.